The molecule has 1 heterocycles. The Labute approximate surface area is 175 Å². The van der Waals surface area contributed by atoms with E-state index in [9.17, 15) is 9.90 Å². The van der Waals surface area contributed by atoms with E-state index < -0.39 is 6.29 Å². The minimum Gasteiger partial charge on any atom is -0.455 e. The summed E-state index contributed by atoms with van der Waals surface area (Å²) in [7, 11) is 0. The van der Waals surface area contributed by atoms with Gasteiger partial charge >= 0.3 is 0 Å². The number of benzene rings is 2. The zero-order valence-corrected chi connectivity index (χ0v) is 17.5. The molecule has 0 aliphatic rings. The second-order valence-electron chi connectivity index (χ2n) is 7.65. The number of nitrogens with zero attached hydrogens (tertiary/aromatic N) is 1. The van der Waals surface area contributed by atoms with Crippen LogP contribution in [-0.2, 0) is 5.41 Å². The first-order chi connectivity index (χ1) is 14.3. The number of amides is 1. The van der Waals surface area contributed by atoms with Crippen LogP contribution in [0.4, 0.5) is 5.69 Å². The molecule has 0 saturated heterocycles. The molecule has 0 spiro atoms. The Balaban J connectivity index is 1.58. The predicted octanol–water partition coefficient (Wildman–Crippen LogP) is 4.31. The highest BCUT2D eigenvalue weighted by atomic mass is 16.7. The van der Waals surface area contributed by atoms with Gasteiger partial charge in [-0.3, -0.25) is 4.79 Å². The molecule has 2 aromatic carbocycles. The van der Waals surface area contributed by atoms with E-state index >= 15 is 0 Å². The quantitative estimate of drug-likeness (QED) is 0.538. The van der Waals surface area contributed by atoms with Crippen molar-refractivity contribution in [3.05, 3.63) is 71.6 Å². The van der Waals surface area contributed by atoms with Crippen LogP contribution in [0.15, 0.2) is 59.3 Å². The van der Waals surface area contributed by atoms with Crippen LogP contribution in [0.1, 0.15) is 42.5 Å². The van der Waals surface area contributed by atoms with Crippen LogP contribution in [0.2, 0.25) is 0 Å². The van der Waals surface area contributed by atoms with Crippen LogP contribution in [0.3, 0.4) is 0 Å². The van der Waals surface area contributed by atoms with E-state index in [0.29, 0.717) is 28.5 Å². The second kappa shape index (κ2) is 9.00. The number of rotatable bonds is 8. The van der Waals surface area contributed by atoms with Crippen LogP contribution >= 0.6 is 0 Å². The molecule has 7 nitrogen and oxygen atoms in total. The molecule has 0 aliphatic heterocycles. The van der Waals surface area contributed by atoms with Crippen LogP contribution in [0, 0.1) is 6.92 Å². The van der Waals surface area contributed by atoms with Crippen molar-refractivity contribution < 1.29 is 23.9 Å². The highest BCUT2D eigenvalue weighted by molar-refractivity contribution is 6.04. The lowest BCUT2D eigenvalue weighted by atomic mass is 9.85. The smallest absolute Gasteiger partial charge is 0.260 e. The van der Waals surface area contributed by atoms with E-state index in [0.717, 1.165) is 5.56 Å². The van der Waals surface area contributed by atoms with Gasteiger partial charge in [0, 0.05) is 18.0 Å². The largest absolute Gasteiger partial charge is 0.455 e. The number of anilines is 1. The summed E-state index contributed by atoms with van der Waals surface area (Å²) in [6.45, 7) is 7.46. The second-order valence-corrected chi connectivity index (χ2v) is 7.65. The van der Waals surface area contributed by atoms with Crippen molar-refractivity contribution in [2.75, 3.05) is 11.9 Å². The van der Waals surface area contributed by atoms with E-state index in [4.69, 9.17) is 14.0 Å². The third kappa shape index (κ3) is 5.18. The Kier molecular flexibility index (Phi) is 6.42. The molecule has 0 saturated carbocycles. The number of aromatic nitrogens is 1. The Hall–Kier alpha value is -3.32. The molecule has 7 heteroatoms. The molecule has 30 heavy (non-hydrogen) atoms. The van der Waals surface area contributed by atoms with Crippen molar-refractivity contribution in [3.8, 4) is 11.5 Å². The standard InChI is InChI=1S/C23H26N2O5/c1-15-21(13-24-30-15)22(27)25-18-8-10-19(11-9-18)28-16(2)29-20-7-5-6-17(12-20)23(3,4)14-26/h5-13,16,26H,14H2,1-4H3,(H,25,27). The van der Waals surface area contributed by atoms with Crippen LogP contribution in [-0.4, -0.2) is 29.1 Å². The van der Waals surface area contributed by atoms with Gasteiger partial charge in [0.25, 0.3) is 5.91 Å². The van der Waals surface area contributed by atoms with Crippen molar-refractivity contribution in [3.63, 3.8) is 0 Å². The SMILES string of the molecule is Cc1oncc1C(=O)Nc1ccc(OC(C)Oc2cccc(C(C)(C)CO)c2)cc1. The molecule has 3 rings (SSSR count). The average Bonchev–Trinajstić information content (AvgIpc) is 3.15. The molecule has 0 fully saturated rings. The van der Waals surface area contributed by atoms with Gasteiger partial charge in [-0.25, -0.2) is 0 Å². The highest BCUT2D eigenvalue weighted by Crippen LogP contribution is 2.27. The summed E-state index contributed by atoms with van der Waals surface area (Å²) in [4.78, 5) is 12.2. The van der Waals surface area contributed by atoms with Gasteiger partial charge in [-0.15, -0.1) is 0 Å². The number of ether oxygens (including phenoxy) is 2. The van der Waals surface area contributed by atoms with Gasteiger partial charge in [0.1, 0.15) is 22.8 Å². The number of carbonyl (C=O) groups excluding carboxylic acids is 1. The number of hydrogen-bond acceptors (Lipinski definition) is 6. The Bertz CT molecular complexity index is 995. The minimum atomic E-state index is -0.530. The maximum Gasteiger partial charge on any atom is 0.260 e. The first kappa shape index (κ1) is 21.4. The Morgan fingerprint density at radius 3 is 2.50 bits per heavy atom. The Morgan fingerprint density at radius 2 is 1.87 bits per heavy atom. The lowest BCUT2D eigenvalue weighted by Crippen LogP contribution is -2.23. The van der Waals surface area contributed by atoms with Gasteiger partial charge in [0.15, 0.2) is 0 Å². The summed E-state index contributed by atoms with van der Waals surface area (Å²) < 4.78 is 16.6. The van der Waals surface area contributed by atoms with Crippen molar-refractivity contribution in [1.82, 2.24) is 5.16 Å². The first-order valence-electron chi connectivity index (χ1n) is 9.66. The fourth-order valence-electron chi connectivity index (χ4n) is 2.82. The molecule has 2 N–H and O–H groups in total. The molecule has 1 aromatic heterocycles. The maximum absolute atomic E-state index is 12.2. The van der Waals surface area contributed by atoms with Crippen LogP contribution in [0.25, 0.3) is 0 Å². The van der Waals surface area contributed by atoms with E-state index in [1.807, 2.05) is 38.1 Å². The van der Waals surface area contributed by atoms with Gasteiger partial charge in [0.05, 0.1) is 12.8 Å². The summed E-state index contributed by atoms with van der Waals surface area (Å²) in [5.74, 6) is 1.44. The summed E-state index contributed by atoms with van der Waals surface area (Å²) in [5.41, 5.74) is 1.65. The van der Waals surface area contributed by atoms with Gasteiger partial charge in [0.2, 0.25) is 6.29 Å². The van der Waals surface area contributed by atoms with Crippen molar-refractivity contribution in [2.45, 2.75) is 39.4 Å². The van der Waals surface area contributed by atoms with Crippen LogP contribution in [0.5, 0.6) is 11.5 Å². The minimum absolute atomic E-state index is 0.0437. The van der Waals surface area contributed by atoms with Gasteiger partial charge < -0.3 is 24.4 Å². The fourth-order valence-corrected chi connectivity index (χ4v) is 2.82. The predicted molar refractivity (Wildman–Crippen MR) is 113 cm³/mol. The number of aliphatic hydroxyl groups excluding tert-OH is 1. The molecule has 158 valence electrons. The van der Waals surface area contributed by atoms with E-state index in [1.54, 1.807) is 38.1 Å². The molecular weight excluding hydrogens is 384 g/mol. The average molecular weight is 410 g/mol. The molecule has 1 amide bonds. The topological polar surface area (TPSA) is 93.8 Å². The molecule has 0 aliphatic carbocycles. The Morgan fingerprint density at radius 1 is 1.17 bits per heavy atom. The third-order valence-corrected chi connectivity index (χ3v) is 4.72. The maximum atomic E-state index is 12.2. The molecular formula is C23H26N2O5. The van der Waals surface area contributed by atoms with E-state index in [1.165, 1.54) is 6.20 Å². The van der Waals surface area contributed by atoms with Gasteiger partial charge in [-0.05, 0) is 48.9 Å². The summed E-state index contributed by atoms with van der Waals surface area (Å²) in [6.07, 6.45) is 0.857. The summed E-state index contributed by atoms with van der Waals surface area (Å²) >= 11 is 0. The number of aryl methyl sites for hydroxylation is 1. The van der Waals surface area contributed by atoms with Gasteiger partial charge in [-0.2, -0.15) is 0 Å². The van der Waals surface area contributed by atoms with Gasteiger partial charge in [-0.1, -0.05) is 31.1 Å². The van der Waals surface area contributed by atoms with Crippen molar-refractivity contribution in [1.29, 1.82) is 0 Å². The summed E-state index contributed by atoms with van der Waals surface area (Å²) in [6, 6.07) is 14.6. The lowest BCUT2D eigenvalue weighted by molar-refractivity contribution is 0.0221. The number of aliphatic hydroxyl groups is 1. The number of hydrogen-bond donors (Lipinski definition) is 2. The van der Waals surface area contributed by atoms with Crippen molar-refractivity contribution >= 4 is 11.6 Å². The normalized spacial score (nSPS) is 12.3. The monoisotopic (exact) mass is 410 g/mol. The molecule has 0 radical (unpaired) electrons. The van der Waals surface area contributed by atoms with Crippen molar-refractivity contribution in [2.24, 2.45) is 0 Å². The number of carbonyl (C=O) groups is 1. The molecule has 1 unspecified atom stereocenters. The third-order valence-electron chi connectivity index (χ3n) is 4.72. The van der Waals surface area contributed by atoms with Crippen LogP contribution < -0.4 is 14.8 Å². The molecule has 0 bridgehead atoms. The zero-order valence-electron chi connectivity index (χ0n) is 17.5. The highest BCUT2D eigenvalue weighted by Gasteiger charge is 2.20. The lowest BCUT2D eigenvalue weighted by Gasteiger charge is -2.23. The first-order valence-corrected chi connectivity index (χ1v) is 9.66. The molecule has 1 atom stereocenters. The summed E-state index contributed by atoms with van der Waals surface area (Å²) in [5, 5.41) is 16.0. The fraction of sp³-hybridized carbons (Fsp3) is 0.304. The molecule has 3 aromatic rings. The number of nitrogens with one attached hydrogen (secondary N) is 1. The van der Waals surface area contributed by atoms with E-state index in [2.05, 4.69) is 10.5 Å². The van der Waals surface area contributed by atoms with E-state index in [-0.39, 0.29) is 17.9 Å². The zero-order chi connectivity index (χ0) is 21.7.